The average Bonchev–Trinajstić information content (AvgIpc) is 3.18. The van der Waals surface area contributed by atoms with Crippen molar-refractivity contribution in [3.05, 3.63) is 5.82 Å². The molecule has 6 heteroatoms. The maximum atomic E-state index is 11.8. The number of carbonyl (C=O) groups excluding carboxylic acids is 1. The molecule has 0 aliphatic heterocycles. The summed E-state index contributed by atoms with van der Waals surface area (Å²) in [4.78, 5) is 11.8. The number of amides is 1. The molecule has 0 radical (unpaired) electrons. The topological polar surface area (TPSA) is 59.8 Å². The second kappa shape index (κ2) is 8.56. The molecule has 1 aromatic heterocycles. The molecule has 1 heterocycles. The third-order valence-corrected chi connectivity index (χ3v) is 5.19. The van der Waals surface area contributed by atoms with Gasteiger partial charge in [0.05, 0.1) is 0 Å². The van der Waals surface area contributed by atoms with Crippen LogP contribution in [0.15, 0.2) is 5.16 Å². The lowest BCUT2D eigenvalue weighted by atomic mass is 10.1. The Bertz CT molecular complexity index is 482. The summed E-state index contributed by atoms with van der Waals surface area (Å²) in [6.07, 6.45) is 9.84. The SMILES string of the molecule is CCC(C)C(=O)NCCCc1nnc(SC)n1C1CCCC1. The summed E-state index contributed by atoms with van der Waals surface area (Å²) in [5, 5.41) is 12.7. The van der Waals surface area contributed by atoms with Crippen LogP contribution in [-0.4, -0.2) is 33.5 Å². The molecular weight excluding hydrogens is 296 g/mol. The number of thioether (sulfide) groups is 1. The third kappa shape index (κ3) is 4.24. The van der Waals surface area contributed by atoms with Crippen LogP contribution in [0.5, 0.6) is 0 Å². The minimum Gasteiger partial charge on any atom is -0.356 e. The Hall–Kier alpha value is -1.04. The Morgan fingerprint density at radius 1 is 1.41 bits per heavy atom. The molecule has 124 valence electrons. The van der Waals surface area contributed by atoms with Crippen LogP contribution in [0, 0.1) is 5.92 Å². The molecule has 0 spiro atoms. The van der Waals surface area contributed by atoms with Crippen LogP contribution < -0.4 is 5.32 Å². The van der Waals surface area contributed by atoms with Crippen molar-refractivity contribution in [2.75, 3.05) is 12.8 Å². The highest BCUT2D eigenvalue weighted by atomic mass is 32.2. The van der Waals surface area contributed by atoms with Gasteiger partial charge in [-0.3, -0.25) is 4.79 Å². The smallest absolute Gasteiger partial charge is 0.222 e. The van der Waals surface area contributed by atoms with Crippen molar-refractivity contribution in [2.24, 2.45) is 5.92 Å². The van der Waals surface area contributed by atoms with Gasteiger partial charge >= 0.3 is 0 Å². The van der Waals surface area contributed by atoms with Gasteiger partial charge in [0.1, 0.15) is 5.82 Å². The lowest BCUT2D eigenvalue weighted by Crippen LogP contribution is -2.30. The zero-order valence-corrected chi connectivity index (χ0v) is 14.8. The molecule has 1 atom stereocenters. The fraction of sp³-hybridized carbons (Fsp3) is 0.812. The molecule has 1 amide bonds. The number of nitrogens with zero attached hydrogens (tertiary/aromatic N) is 3. The van der Waals surface area contributed by atoms with E-state index in [2.05, 4.69) is 26.3 Å². The second-order valence-electron chi connectivity index (χ2n) is 6.12. The molecule has 1 aliphatic rings. The minimum atomic E-state index is 0.102. The molecule has 2 rings (SSSR count). The molecule has 5 nitrogen and oxygen atoms in total. The number of hydrogen-bond acceptors (Lipinski definition) is 4. The van der Waals surface area contributed by atoms with E-state index in [-0.39, 0.29) is 11.8 Å². The van der Waals surface area contributed by atoms with E-state index in [0.29, 0.717) is 6.04 Å². The molecule has 1 aliphatic carbocycles. The lowest BCUT2D eigenvalue weighted by molar-refractivity contribution is -0.124. The van der Waals surface area contributed by atoms with E-state index in [9.17, 15) is 4.79 Å². The minimum absolute atomic E-state index is 0.102. The molecule has 1 N–H and O–H groups in total. The van der Waals surface area contributed by atoms with Gasteiger partial charge in [0.15, 0.2) is 5.16 Å². The van der Waals surface area contributed by atoms with Gasteiger partial charge in [0, 0.05) is 24.9 Å². The van der Waals surface area contributed by atoms with Gasteiger partial charge in [0.2, 0.25) is 5.91 Å². The predicted octanol–water partition coefficient (Wildman–Crippen LogP) is 3.21. The fourth-order valence-electron chi connectivity index (χ4n) is 2.96. The molecule has 1 saturated carbocycles. The van der Waals surface area contributed by atoms with E-state index >= 15 is 0 Å². The number of aromatic nitrogens is 3. The molecule has 0 saturated heterocycles. The van der Waals surface area contributed by atoms with E-state index in [0.717, 1.165) is 36.8 Å². The van der Waals surface area contributed by atoms with Crippen molar-refractivity contribution < 1.29 is 4.79 Å². The molecule has 0 aromatic carbocycles. The number of aryl methyl sites for hydroxylation is 1. The molecule has 22 heavy (non-hydrogen) atoms. The van der Waals surface area contributed by atoms with Gasteiger partial charge in [-0.1, -0.05) is 38.5 Å². The quantitative estimate of drug-likeness (QED) is 0.589. The summed E-state index contributed by atoms with van der Waals surface area (Å²) in [6, 6.07) is 0.571. The summed E-state index contributed by atoms with van der Waals surface area (Å²) >= 11 is 1.67. The summed E-state index contributed by atoms with van der Waals surface area (Å²) in [6.45, 7) is 4.73. The van der Waals surface area contributed by atoms with Crippen LogP contribution >= 0.6 is 11.8 Å². The maximum Gasteiger partial charge on any atom is 0.222 e. The Morgan fingerprint density at radius 2 is 2.14 bits per heavy atom. The van der Waals surface area contributed by atoms with Crippen LogP contribution in [0.2, 0.25) is 0 Å². The lowest BCUT2D eigenvalue weighted by Gasteiger charge is -2.16. The van der Waals surface area contributed by atoms with Gasteiger partial charge in [-0.25, -0.2) is 0 Å². The molecule has 1 unspecified atom stereocenters. The van der Waals surface area contributed by atoms with Gasteiger partial charge < -0.3 is 9.88 Å². The van der Waals surface area contributed by atoms with E-state index in [1.807, 2.05) is 13.8 Å². The predicted molar refractivity (Wildman–Crippen MR) is 90.1 cm³/mol. The Morgan fingerprint density at radius 3 is 2.77 bits per heavy atom. The number of hydrogen-bond donors (Lipinski definition) is 1. The molecule has 1 aromatic rings. The normalized spacial score (nSPS) is 16.9. The second-order valence-corrected chi connectivity index (χ2v) is 6.89. The zero-order valence-electron chi connectivity index (χ0n) is 14.0. The van der Waals surface area contributed by atoms with Crippen LogP contribution in [0.3, 0.4) is 0 Å². The summed E-state index contributed by atoms with van der Waals surface area (Å²) in [5.74, 6) is 1.34. The van der Waals surface area contributed by atoms with Crippen molar-refractivity contribution in [3.63, 3.8) is 0 Å². The van der Waals surface area contributed by atoms with Crippen LogP contribution in [0.25, 0.3) is 0 Å². The van der Waals surface area contributed by atoms with Gasteiger partial charge in [0.25, 0.3) is 0 Å². The maximum absolute atomic E-state index is 11.8. The van der Waals surface area contributed by atoms with E-state index in [4.69, 9.17) is 0 Å². The van der Waals surface area contributed by atoms with Crippen molar-refractivity contribution in [3.8, 4) is 0 Å². The van der Waals surface area contributed by atoms with Crippen molar-refractivity contribution in [1.82, 2.24) is 20.1 Å². The molecular formula is C16H28N4OS. The number of rotatable bonds is 8. The van der Waals surface area contributed by atoms with E-state index in [1.165, 1.54) is 25.7 Å². The first kappa shape index (κ1) is 17.3. The van der Waals surface area contributed by atoms with Gasteiger partial charge in [-0.15, -0.1) is 10.2 Å². The van der Waals surface area contributed by atoms with Crippen molar-refractivity contribution >= 4 is 17.7 Å². The summed E-state index contributed by atoms with van der Waals surface area (Å²) < 4.78 is 2.34. The number of nitrogens with one attached hydrogen (secondary N) is 1. The van der Waals surface area contributed by atoms with Gasteiger partial charge in [-0.05, 0) is 31.9 Å². The first-order valence-corrected chi connectivity index (χ1v) is 9.65. The fourth-order valence-corrected chi connectivity index (χ4v) is 3.54. The van der Waals surface area contributed by atoms with E-state index < -0.39 is 0 Å². The Kier molecular flexibility index (Phi) is 6.73. The largest absolute Gasteiger partial charge is 0.356 e. The van der Waals surface area contributed by atoms with Crippen LogP contribution in [-0.2, 0) is 11.2 Å². The third-order valence-electron chi connectivity index (χ3n) is 4.54. The first-order valence-electron chi connectivity index (χ1n) is 8.42. The highest BCUT2D eigenvalue weighted by Crippen LogP contribution is 2.33. The summed E-state index contributed by atoms with van der Waals surface area (Å²) in [5.41, 5.74) is 0. The van der Waals surface area contributed by atoms with Crippen molar-refractivity contribution in [1.29, 1.82) is 0 Å². The standard InChI is InChI=1S/C16H28N4OS/c1-4-12(2)15(21)17-11-7-10-14-18-19-16(22-3)20(14)13-8-5-6-9-13/h12-13H,4-11H2,1-3H3,(H,17,21). The molecule has 0 bridgehead atoms. The van der Waals surface area contributed by atoms with Crippen LogP contribution in [0.4, 0.5) is 0 Å². The van der Waals surface area contributed by atoms with Crippen molar-refractivity contribution in [2.45, 2.75) is 70.0 Å². The molecule has 1 fully saturated rings. The first-order chi connectivity index (χ1) is 10.7. The average molecular weight is 324 g/mol. The van der Waals surface area contributed by atoms with Gasteiger partial charge in [-0.2, -0.15) is 0 Å². The Balaban J connectivity index is 1.87. The highest BCUT2D eigenvalue weighted by Gasteiger charge is 2.23. The zero-order chi connectivity index (χ0) is 15.9. The van der Waals surface area contributed by atoms with Crippen LogP contribution in [0.1, 0.15) is 64.2 Å². The summed E-state index contributed by atoms with van der Waals surface area (Å²) in [7, 11) is 0. The van der Waals surface area contributed by atoms with E-state index in [1.54, 1.807) is 11.8 Å². The monoisotopic (exact) mass is 324 g/mol. The highest BCUT2D eigenvalue weighted by molar-refractivity contribution is 7.98. The number of carbonyl (C=O) groups is 1. The Labute approximate surface area is 137 Å².